The quantitative estimate of drug-likeness (QED) is 0.212. The van der Waals surface area contributed by atoms with E-state index in [1.807, 2.05) is 0 Å². The molecule has 0 N–H and O–H groups in total. The molecule has 0 spiro atoms. The van der Waals surface area contributed by atoms with Crippen molar-refractivity contribution in [1.82, 2.24) is 4.98 Å². The second-order valence-corrected chi connectivity index (χ2v) is 6.80. The van der Waals surface area contributed by atoms with Crippen molar-refractivity contribution in [2.24, 2.45) is 0 Å². The molecule has 1 aromatic heterocycles. The molecule has 0 fully saturated rings. The van der Waals surface area contributed by atoms with Crippen molar-refractivity contribution >= 4 is 34.8 Å². The topological polar surface area (TPSA) is 116 Å². The van der Waals surface area contributed by atoms with Crippen LogP contribution in [0.25, 0.3) is 0 Å². The van der Waals surface area contributed by atoms with Gasteiger partial charge in [-0.3, -0.25) is 19.7 Å². The minimum atomic E-state index is -1.00. The second kappa shape index (κ2) is 7.49. The Labute approximate surface area is 174 Å². The third-order valence-electron chi connectivity index (χ3n) is 4.63. The highest BCUT2D eigenvalue weighted by Gasteiger charge is 2.38. The predicted molar refractivity (Wildman–Crippen MR) is 105 cm³/mol. The summed E-state index contributed by atoms with van der Waals surface area (Å²) in [6.07, 6.45) is 1.40. The van der Waals surface area contributed by atoms with Gasteiger partial charge in [0.25, 0.3) is 5.69 Å². The smallest absolute Gasteiger partial charge is 0.345 e. The van der Waals surface area contributed by atoms with Crippen molar-refractivity contribution in [3.63, 3.8) is 0 Å². The summed E-state index contributed by atoms with van der Waals surface area (Å²) in [5.41, 5.74) is -0.963. The van der Waals surface area contributed by atoms with Gasteiger partial charge < -0.3 is 4.74 Å². The summed E-state index contributed by atoms with van der Waals surface area (Å²) < 4.78 is 5.14. The van der Waals surface area contributed by atoms with Gasteiger partial charge >= 0.3 is 5.97 Å². The molecule has 4 rings (SSSR count). The average molecular weight is 423 g/mol. The Balaban J connectivity index is 1.74. The van der Waals surface area contributed by atoms with Crippen molar-refractivity contribution in [3.05, 3.63) is 103 Å². The van der Waals surface area contributed by atoms with Crippen molar-refractivity contribution < 1.29 is 24.0 Å². The number of carbonyl (C=O) groups is 3. The van der Waals surface area contributed by atoms with Crippen molar-refractivity contribution in [3.8, 4) is 0 Å². The Kier molecular flexibility index (Phi) is 4.85. The van der Waals surface area contributed by atoms with Crippen LogP contribution < -0.4 is 0 Å². The first-order valence-electron chi connectivity index (χ1n) is 8.66. The summed E-state index contributed by atoms with van der Waals surface area (Å²) in [5, 5.41) is 12.0. The number of hydrogen-bond donors (Lipinski definition) is 0. The van der Waals surface area contributed by atoms with E-state index in [-0.39, 0.29) is 28.5 Å². The van der Waals surface area contributed by atoms with Gasteiger partial charge in [0.2, 0.25) is 5.78 Å². The fourth-order valence-electron chi connectivity index (χ4n) is 3.24. The number of ketones is 2. The maximum atomic E-state index is 12.9. The van der Waals surface area contributed by atoms with E-state index in [1.165, 1.54) is 30.5 Å². The number of hydrogen-bond acceptors (Lipinski definition) is 7. The Hall–Kier alpha value is -3.91. The highest BCUT2D eigenvalue weighted by atomic mass is 35.5. The zero-order chi connectivity index (χ0) is 21.4. The molecule has 1 heterocycles. The number of pyridine rings is 1. The fourth-order valence-corrected chi connectivity index (χ4v) is 3.35. The summed E-state index contributed by atoms with van der Waals surface area (Å²) >= 11 is 5.70. The predicted octanol–water partition coefficient (Wildman–Crippen LogP) is 3.78. The van der Waals surface area contributed by atoms with E-state index in [0.717, 1.165) is 6.07 Å². The summed E-state index contributed by atoms with van der Waals surface area (Å²) in [5.74, 6) is -2.21. The summed E-state index contributed by atoms with van der Waals surface area (Å²) in [6, 6.07) is 11.5. The maximum absolute atomic E-state index is 12.9. The zero-order valence-corrected chi connectivity index (χ0v) is 15.9. The van der Waals surface area contributed by atoms with Crippen molar-refractivity contribution in [2.45, 2.75) is 6.61 Å². The number of nitro benzene ring substituents is 1. The highest BCUT2D eigenvalue weighted by molar-refractivity contribution is 6.30. The number of nitro groups is 1. The number of carbonyl (C=O) groups excluding carboxylic acids is 3. The van der Waals surface area contributed by atoms with Crippen LogP contribution >= 0.6 is 11.6 Å². The normalized spacial score (nSPS) is 12.2. The molecular weight excluding hydrogens is 412 g/mol. The summed E-state index contributed by atoms with van der Waals surface area (Å²) in [4.78, 5) is 53.0. The van der Waals surface area contributed by atoms with Gasteiger partial charge in [-0.25, -0.2) is 9.78 Å². The lowest BCUT2D eigenvalue weighted by molar-refractivity contribution is -0.385. The number of ether oxygens (including phenoxy) is 1. The number of rotatable bonds is 4. The number of esters is 1. The molecule has 0 bridgehead atoms. The number of halogens is 1. The van der Waals surface area contributed by atoms with Crippen LogP contribution in [0.3, 0.4) is 0 Å². The maximum Gasteiger partial charge on any atom is 0.345 e. The van der Waals surface area contributed by atoms with Gasteiger partial charge in [0.1, 0.15) is 22.9 Å². The molecule has 0 radical (unpaired) electrons. The largest absolute Gasteiger partial charge is 0.457 e. The molecule has 0 unspecified atom stereocenters. The molecule has 148 valence electrons. The third-order valence-corrected chi connectivity index (χ3v) is 4.85. The van der Waals surface area contributed by atoms with Crippen LogP contribution in [0.1, 0.15) is 47.8 Å². The van der Waals surface area contributed by atoms with E-state index >= 15 is 0 Å². The molecule has 1 aliphatic rings. The Morgan fingerprint density at radius 2 is 1.70 bits per heavy atom. The van der Waals surface area contributed by atoms with E-state index in [4.69, 9.17) is 16.3 Å². The van der Waals surface area contributed by atoms with E-state index in [0.29, 0.717) is 5.56 Å². The number of benzene rings is 2. The van der Waals surface area contributed by atoms with Gasteiger partial charge in [-0.1, -0.05) is 41.9 Å². The van der Waals surface area contributed by atoms with Crippen LogP contribution in [-0.4, -0.2) is 27.4 Å². The molecule has 0 aliphatic heterocycles. The highest BCUT2D eigenvalue weighted by Crippen LogP contribution is 2.35. The molecule has 3 aromatic rings. The van der Waals surface area contributed by atoms with Crippen molar-refractivity contribution in [2.75, 3.05) is 0 Å². The molecule has 30 heavy (non-hydrogen) atoms. The van der Waals surface area contributed by atoms with Gasteiger partial charge in [-0.15, -0.1) is 0 Å². The standard InChI is InChI=1S/C21H11ClN2O6/c22-16-8-5-11(9-23-16)10-30-21(27)15-7-6-14-17(18(15)24(28)29)20(26)13-4-2-1-3-12(13)19(14)25/h1-9H,10H2. The van der Waals surface area contributed by atoms with E-state index in [9.17, 15) is 24.5 Å². The zero-order valence-electron chi connectivity index (χ0n) is 15.1. The minimum Gasteiger partial charge on any atom is -0.457 e. The SMILES string of the molecule is O=C1c2ccccc2C(=O)c2c1ccc(C(=O)OCc1ccc(Cl)nc1)c2[N+](=O)[O-]. The van der Waals surface area contributed by atoms with Crippen LogP contribution in [0.15, 0.2) is 54.7 Å². The first-order chi connectivity index (χ1) is 14.4. The number of fused-ring (bicyclic) bond motifs is 2. The lowest BCUT2D eigenvalue weighted by atomic mass is 9.82. The van der Waals surface area contributed by atoms with Gasteiger partial charge in [0, 0.05) is 28.5 Å². The lowest BCUT2D eigenvalue weighted by Crippen LogP contribution is -2.23. The Morgan fingerprint density at radius 1 is 1.00 bits per heavy atom. The summed E-state index contributed by atoms with van der Waals surface area (Å²) in [7, 11) is 0. The van der Waals surface area contributed by atoms with Crippen LogP contribution in [0.4, 0.5) is 5.69 Å². The number of aromatic nitrogens is 1. The first kappa shape index (κ1) is 19.4. The molecule has 9 heteroatoms. The second-order valence-electron chi connectivity index (χ2n) is 6.41. The van der Waals surface area contributed by atoms with E-state index in [1.54, 1.807) is 18.2 Å². The van der Waals surface area contributed by atoms with Crippen LogP contribution in [0.5, 0.6) is 0 Å². The monoisotopic (exact) mass is 422 g/mol. The van der Waals surface area contributed by atoms with Crippen LogP contribution in [0.2, 0.25) is 5.15 Å². The van der Waals surface area contributed by atoms with Gasteiger partial charge in [0.15, 0.2) is 5.78 Å². The van der Waals surface area contributed by atoms with Gasteiger partial charge in [-0.05, 0) is 18.2 Å². The fraction of sp³-hybridized carbons (Fsp3) is 0.0476. The molecule has 1 aliphatic carbocycles. The third kappa shape index (κ3) is 3.23. The average Bonchev–Trinajstić information content (AvgIpc) is 2.75. The number of nitrogens with zero attached hydrogens (tertiary/aromatic N) is 2. The first-order valence-corrected chi connectivity index (χ1v) is 9.03. The Bertz CT molecular complexity index is 1240. The minimum absolute atomic E-state index is 0.0517. The van der Waals surface area contributed by atoms with Gasteiger partial charge in [-0.2, -0.15) is 0 Å². The van der Waals surface area contributed by atoms with Crippen LogP contribution in [0, 0.1) is 10.1 Å². The Morgan fingerprint density at radius 3 is 2.33 bits per heavy atom. The van der Waals surface area contributed by atoms with Gasteiger partial charge in [0.05, 0.1) is 4.92 Å². The summed E-state index contributed by atoms with van der Waals surface area (Å²) in [6.45, 7) is -0.201. The van der Waals surface area contributed by atoms with E-state index in [2.05, 4.69) is 4.98 Å². The molecule has 0 saturated heterocycles. The molecule has 0 atom stereocenters. The lowest BCUT2D eigenvalue weighted by Gasteiger charge is -2.18. The molecule has 0 saturated carbocycles. The molecular formula is C21H11ClN2O6. The molecule has 8 nitrogen and oxygen atoms in total. The molecule has 2 aromatic carbocycles. The van der Waals surface area contributed by atoms with Crippen LogP contribution in [-0.2, 0) is 11.3 Å². The van der Waals surface area contributed by atoms with Crippen molar-refractivity contribution in [1.29, 1.82) is 0 Å². The van der Waals surface area contributed by atoms with E-state index < -0.39 is 39.3 Å². The molecule has 0 amide bonds.